The Kier molecular flexibility index (Phi) is 2.03. The first-order valence-corrected chi connectivity index (χ1v) is 5.02. The summed E-state index contributed by atoms with van der Waals surface area (Å²) in [5.74, 6) is 1.34. The fourth-order valence-electron chi connectivity index (χ4n) is 1.92. The van der Waals surface area contributed by atoms with E-state index in [0.29, 0.717) is 18.3 Å². The van der Waals surface area contributed by atoms with Crippen LogP contribution in [0, 0.1) is 5.92 Å². The maximum atomic E-state index is 8.81. The number of aliphatic hydroxyl groups is 1. The molecular weight excluding hydrogens is 178 g/mol. The Hall–Kier alpha value is -1.03. The summed E-state index contributed by atoms with van der Waals surface area (Å²) in [7, 11) is 0. The number of hydrogen-bond acceptors (Lipinski definition) is 3. The molecule has 1 aromatic heterocycles. The predicted octanol–water partition coefficient (Wildman–Crippen LogP) is 0.755. The Balaban J connectivity index is 2.24. The number of anilines is 1. The molecule has 14 heavy (non-hydrogen) atoms. The lowest BCUT2D eigenvalue weighted by Crippen LogP contribution is -2.09. The fourth-order valence-corrected chi connectivity index (χ4v) is 1.92. The lowest BCUT2D eigenvalue weighted by Gasteiger charge is -2.04. The van der Waals surface area contributed by atoms with Gasteiger partial charge < -0.3 is 10.8 Å². The van der Waals surface area contributed by atoms with Crippen LogP contribution in [-0.2, 0) is 12.0 Å². The lowest BCUT2D eigenvalue weighted by molar-refractivity contribution is 0.270. The van der Waals surface area contributed by atoms with Crippen LogP contribution in [0.2, 0.25) is 0 Å². The van der Waals surface area contributed by atoms with Crippen molar-refractivity contribution in [2.24, 2.45) is 5.92 Å². The van der Waals surface area contributed by atoms with Gasteiger partial charge in [-0.3, -0.25) is 0 Å². The van der Waals surface area contributed by atoms with E-state index in [9.17, 15) is 0 Å². The second-order valence-corrected chi connectivity index (χ2v) is 4.42. The van der Waals surface area contributed by atoms with E-state index in [4.69, 9.17) is 10.8 Å². The molecule has 2 rings (SSSR count). The highest BCUT2D eigenvalue weighted by molar-refractivity contribution is 5.37. The third-order valence-corrected chi connectivity index (χ3v) is 3.37. The zero-order valence-electron chi connectivity index (χ0n) is 8.70. The van der Waals surface area contributed by atoms with Crippen molar-refractivity contribution in [3.63, 3.8) is 0 Å². The third-order valence-electron chi connectivity index (χ3n) is 3.37. The Morgan fingerprint density at radius 2 is 2.43 bits per heavy atom. The monoisotopic (exact) mass is 195 g/mol. The van der Waals surface area contributed by atoms with Gasteiger partial charge in [-0.25, -0.2) is 4.68 Å². The highest BCUT2D eigenvalue weighted by Crippen LogP contribution is 2.53. The van der Waals surface area contributed by atoms with E-state index in [1.807, 2.05) is 6.07 Å². The van der Waals surface area contributed by atoms with Gasteiger partial charge >= 0.3 is 0 Å². The van der Waals surface area contributed by atoms with Crippen molar-refractivity contribution in [1.29, 1.82) is 0 Å². The molecule has 2 atom stereocenters. The fraction of sp³-hybridized carbons (Fsp3) is 0.700. The van der Waals surface area contributed by atoms with Crippen molar-refractivity contribution in [2.75, 3.05) is 12.3 Å². The maximum Gasteiger partial charge on any atom is 0.122 e. The van der Waals surface area contributed by atoms with Crippen LogP contribution in [0.1, 0.15) is 26.0 Å². The number of nitrogens with two attached hydrogens (primary N) is 1. The molecule has 0 aliphatic heterocycles. The van der Waals surface area contributed by atoms with Crippen LogP contribution in [0.15, 0.2) is 6.07 Å². The lowest BCUT2D eigenvalue weighted by atomic mass is 10.0. The van der Waals surface area contributed by atoms with Crippen molar-refractivity contribution in [3.8, 4) is 0 Å². The van der Waals surface area contributed by atoms with Gasteiger partial charge in [-0.05, 0) is 12.3 Å². The molecule has 1 aliphatic carbocycles. The molecule has 4 nitrogen and oxygen atoms in total. The van der Waals surface area contributed by atoms with Crippen LogP contribution in [-0.4, -0.2) is 21.5 Å². The molecule has 4 heteroatoms. The van der Waals surface area contributed by atoms with Crippen LogP contribution in [0.5, 0.6) is 0 Å². The van der Waals surface area contributed by atoms with Crippen molar-refractivity contribution < 1.29 is 5.11 Å². The van der Waals surface area contributed by atoms with Crippen LogP contribution >= 0.6 is 0 Å². The Bertz CT molecular complexity index is 347. The highest BCUT2D eigenvalue weighted by atomic mass is 16.3. The average molecular weight is 195 g/mol. The maximum absolute atomic E-state index is 8.81. The summed E-state index contributed by atoms with van der Waals surface area (Å²) >= 11 is 0. The van der Waals surface area contributed by atoms with Crippen molar-refractivity contribution in [2.45, 2.75) is 32.2 Å². The van der Waals surface area contributed by atoms with Crippen LogP contribution in [0.3, 0.4) is 0 Å². The Morgan fingerprint density at radius 3 is 2.93 bits per heavy atom. The third kappa shape index (κ3) is 1.30. The summed E-state index contributed by atoms with van der Waals surface area (Å²) in [4.78, 5) is 0. The summed E-state index contributed by atoms with van der Waals surface area (Å²) < 4.78 is 1.67. The average Bonchev–Trinajstić information content (AvgIpc) is 2.57. The number of aromatic nitrogens is 2. The van der Waals surface area contributed by atoms with E-state index in [1.165, 1.54) is 6.42 Å². The SMILES string of the molecule is CC1CC1(C)c1cc(N)n(CCO)n1. The first-order chi connectivity index (χ1) is 6.58. The molecule has 1 fully saturated rings. The summed E-state index contributed by atoms with van der Waals surface area (Å²) in [6.45, 7) is 5.00. The molecule has 2 unspecified atom stereocenters. The Labute approximate surface area is 83.7 Å². The minimum absolute atomic E-state index is 0.0809. The number of hydrogen-bond donors (Lipinski definition) is 2. The topological polar surface area (TPSA) is 64.1 Å². The smallest absolute Gasteiger partial charge is 0.122 e. The van der Waals surface area contributed by atoms with Gasteiger partial charge in [0.1, 0.15) is 5.82 Å². The largest absolute Gasteiger partial charge is 0.394 e. The van der Waals surface area contributed by atoms with Crippen LogP contribution < -0.4 is 5.73 Å². The van der Waals surface area contributed by atoms with E-state index < -0.39 is 0 Å². The summed E-state index contributed by atoms with van der Waals surface area (Å²) in [6, 6.07) is 1.93. The van der Waals surface area contributed by atoms with Crippen molar-refractivity contribution in [1.82, 2.24) is 9.78 Å². The van der Waals surface area contributed by atoms with E-state index in [2.05, 4.69) is 18.9 Å². The van der Waals surface area contributed by atoms with Gasteiger partial charge in [0.2, 0.25) is 0 Å². The van der Waals surface area contributed by atoms with Crippen LogP contribution in [0.4, 0.5) is 5.82 Å². The predicted molar refractivity (Wildman–Crippen MR) is 54.9 cm³/mol. The molecule has 0 amide bonds. The van der Waals surface area contributed by atoms with Gasteiger partial charge in [-0.15, -0.1) is 0 Å². The first-order valence-electron chi connectivity index (χ1n) is 5.02. The number of aliphatic hydroxyl groups excluding tert-OH is 1. The molecular formula is C10H17N3O. The highest BCUT2D eigenvalue weighted by Gasteiger charge is 2.49. The van der Waals surface area contributed by atoms with Crippen molar-refractivity contribution >= 4 is 5.82 Å². The molecule has 1 heterocycles. The van der Waals surface area contributed by atoms with Gasteiger partial charge in [-0.2, -0.15) is 5.10 Å². The second kappa shape index (κ2) is 2.98. The zero-order chi connectivity index (χ0) is 10.3. The first kappa shape index (κ1) is 9.52. The molecule has 3 N–H and O–H groups in total. The second-order valence-electron chi connectivity index (χ2n) is 4.42. The van der Waals surface area contributed by atoms with E-state index in [-0.39, 0.29) is 12.0 Å². The van der Waals surface area contributed by atoms with Crippen molar-refractivity contribution in [3.05, 3.63) is 11.8 Å². The number of nitrogen functional groups attached to an aromatic ring is 1. The normalized spacial score (nSPS) is 30.6. The standard InChI is InChI=1S/C10H17N3O/c1-7-6-10(7,2)8-5-9(11)13(12-8)3-4-14/h5,7,14H,3-4,6,11H2,1-2H3. The van der Waals surface area contributed by atoms with Crippen LogP contribution in [0.25, 0.3) is 0 Å². The summed E-state index contributed by atoms with van der Waals surface area (Å²) in [6.07, 6.45) is 1.18. The Morgan fingerprint density at radius 1 is 1.79 bits per heavy atom. The molecule has 0 bridgehead atoms. The summed E-state index contributed by atoms with van der Waals surface area (Å²) in [5, 5.41) is 13.2. The molecule has 0 radical (unpaired) electrons. The molecule has 1 aliphatic rings. The van der Waals surface area contributed by atoms with E-state index >= 15 is 0 Å². The molecule has 0 aromatic carbocycles. The minimum atomic E-state index is 0.0809. The minimum Gasteiger partial charge on any atom is -0.394 e. The quantitative estimate of drug-likeness (QED) is 0.748. The van der Waals surface area contributed by atoms with E-state index in [1.54, 1.807) is 4.68 Å². The van der Waals surface area contributed by atoms with Gasteiger partial charge in [0, 0.05) is 11.5 Å². The molecule has 0 saturated heterocycles. The zero-order valence-corrected chi connectivity index (χ0v) is 8.70. The summed E-state index contributed by atoms with van der Waals surface area (Å²) in [5.41, 5.74) is 7.07. The molecule has 1 aromatic rings. The van der Waals surface area contributed by atoms with E-state index in [0.717, 1.165) is 5.69 Å². The number of nitrogens with zero attached hydrogens (tertiary/aromatic N) is 2. The van der Waals surface area contributed by atoms with Gasteiger partial charge in [0.25, 0.3) is 0 Å². The van der Waals surface area contributed by atoms with Gasteiger partial charge in [0.05, 0.1) is 18.8 Å². The number of rotatable bonds is 3. The molecule has 0 spiro atoms. The van der Waals surface area contributed by atoms with Gasteiger partial charge in [0.15, 0.2) is 0 Å². The van der Waals surface area contributed by atoms with Gasteiger partial charge in [-0.1, -0.05) is 13.8 Å². The molecule has 78 valence electrons. The molecule has 1 saturated carbocycles.